The Morgan fingerprint density at radius 1 is 0.712 bits per heavy atom. The number of pyridine rings is 2. The third kappa shape index (κ3) is 13.2. The van der Waals surface area contributed by atoms with Crippen LogP contribution in [0.3, 0.4) is 0 Å². The number of ether oxygens (including phenoxy) is 3. The first-order chi connectivity index (χ1) is 27.5. The molecular weight excluding hydrogens is 864 g/mol. The predicted molar refractivity (Wildman–Crippen MR) is 214 cm³/mol. The highest BCUT2D eigenvalue weighted by Crippen LogP contribution is 2.38. The second kappa shape index (κ2) is 19.6. The number of aliphatic hydroxyl groups excluding tert-OH is 1. The second-order valence-electron chi connectivity index (χ2n) is 14.0. The molecule has 14 nitrogen and oxygen atoms in total. The normalized spacial score (nSPS) is 18.3. The van der Waals surface area contributed by atoms with E-state index in [1.165, 1.54) is 26.5 Å². The lowest BCUT2D eigenvalue weighted by atomic mass is 9.84. The average Bonchev–Trinajstić information content (AvgIpc) is 3.11. The van der Waals surface area contributed by atoms with E-state index in [-0.39, 0.29) is 44.9 Å². The Bertz CT molecular complexity index is 2430. The van der Waals surface area contributed by atoms with Crippen molar-refractivity contribution in [2.75, 3.05) is 26.7 Å². The molecule has 0 aliphatic heterocycles. The summed E-state index contributed by atoms with van der Waals surface area (Å²) in [5.74, 6) is -3.11. The molecule has 59 heavy (non-hydrogen) atoms. The molecule has 0 spiro atoms. The smallest absolute Gasteiger partial charge is 0.267 e. The van der Waals surface area contributed by atoms with Gasteiger partial charge in [-0.2, -0.15) is 4.39 Å². The van der Waals surface area contributed by atoms with Crippen molar-refractivity contribution in [1.82, 2.24) is 19.4 Å². The van der Waals surface area contributed by atoms with Gasteiger partial charge in [-0.15, -0.1) is 0 Å². The standard InChI is InChI=1S/C19H20ClFN2O5S.C14H11ClF2N2O4S.C5H10O/c1-10-4-12(5-10)28-19-15(20)6-11(9-22-19)13-7-16(21)14(8-17(13)27-2)18(24)23-29(3,25)26;1-23-12-5-9(14(20)19-24(2,21)22)11(16)4-8(12)7-3-10(15)13(17)18-6-7;1-4-2-5(6)3-4/h6-10,12H,4-5H2,1-3H3,(H,23,24);3-6H,1-2H3,(H,19,20);4-6H,2-3H2,1H3. The summed E-state index contributed by atoms with van der Waals surface area (Å²) in [5, 5.41) is 8.62. The molecule has 6 rings (SSSR count). The highest BCUT2D eigenvalue weighted by molar-refractivity contribution is 7.89. The number of halogens is 5. The van der Waals surface area contributed by atoms with Crippen LogP contribution in [-0.4, -0.2) is 82.7 Å². The summed E-state index contributed by atoms with van der Waals surface area (Å²) in [4.78, 5) is 31.5. The molecule has 0 unspecified atom stereocenters. The average molecular weight is 906 g/mol. The molecule has 2 aromatic heterocycles. The van der Waals surface area contributed by atoms with Crippen LogP contribution in [0.5, 0.6) is 17.4 Å². The largest absolute Gasteiger partial charge is 0.496 e. The second-order valence-corrected chi connectivity index (χ2v) is 18.3. The third-order valence-corrected chi connectivity index (χ3v) is 10.5. The molecule has 2 aliphatic carbocycles. The van der Waals surface area contributed by atoms with Crippen LogP contribution in [0.1, 0.15) is 60.2 Å². The molecule has 3 N–H and O–H groups in total. The van der Waals surface area contributed by atoms with Gasteiger partial charge in [0.15, 0.2) is 0 Å². The molecule has 2 saturated carbocycles. The van der Waals surface area contributed by atoms with E-state index in [2.05, 4.69) is 23.8 Å². The highest BCUT2D eigenvalue weighted by Gasteiger charge is 2.29. The Morgan fingerprint density at radius 3 is 1.47 bits per heavy atom. The minimum atomic E-state index is -3.86. The van der Waals surface area contributed by atoms with E-state index in [0.717, 1.165) is 74.6 Å². The van der Waals surface area contributed by atoms with Crippen molar-refractivity contribution in [3.8, 4) is 39.6 Å². The van der Waals surface area contributed by atoms with E-state index in [9.17, 15) is 39.6 Å². The number of methoxy groups -OCH3 is 2. The van der Waals surface area contributed by atoms with Gasteiger partial charge < -0.3 is 19.3 Å². The van der Waals surface area contributed by atoms with E-state index < -0.39 is 60.6 Å². The van der Waals surface area contributed by atoms with Gasteiger partial charge in [0.1, 0.15) is 34.3 Å². The number of nitrogens with one attached hydrogen (secondary N) is 2. The number of nitrogens with zero attached hydrogens (tertiary/aromatic N) is 2. The van der Waals surface area contributed by atoms with Crippen LogP contribution < -0.4 is 23.7 Å². The molecule has 0 radical (unpaired) electrons. The van der Waals surface area contributed by atoms with Crippen LogP contribution in [0.4, 0.5) is 13.2 Å². The van der Waals surface area contributed by atoms with Crippen LogP contribution >= 0.6 is 23.2 Å². The Morgan fingerprint density at radius 2 is 1.14 bits per heavy atom. The lowest BCUT2D eigenvalue weighted by Gasteiger charge is -2.32. The Labute approximate surface area is 349 Å². The quantitative estimate of drug-likeness (QED) is 0.145. The zero-order chi connectivity index (χ0) is 44.0. The molecule has 2 fully saturated rings. The summed E-state index contributed by atoms with van der Waals surface area (Å²) in [5.41, 5.74) is 0.193. The zero-order valence-electron chi connectivity index (χ0n) is 32.5. The van der Waals surface area contributed by atoms with Gasteiger partial charge in [-0.25, -0.2) is 45.0 Å². The number of rotatable bonds is 10. The maximum atomic E-state index is 14.5. The fraction of sp³-hybridized carbons (Fsp3) is 0.368. The molecule has 2 aromatic carbocycles. The van der Waals surface area contributed by atoms with Crippen molar-refractivity contribution < 1.29 is 58.9 Å². The number of aromatic nitrogens is 2. The first-order valence-electron chi connectivity index (χ1n) is 17.6. The highest BCUT2D eigenvalue weighted by atomic mass is 35.5. The van der Waals surface area contributed by atoms with Crippen LogP contribution in [0, 0.1) is 29.4 Å². The summed E-state index contributed by atoms with van der Waals surface area (Å²) < 4.78 is 106. The lowest BCUT2D eigenvalue weighted by molar-refractivity contribution is 0.0513. The van der Waals surface area contributed by atoms with E-state index >= 15 is 0 Å². The van der Waals surface area contributed by atoms with Crippen molar-refractivity contribution in [2.24, 2.45) is 11.8 Å². The van der Waals surface area contributed by atoms with Crippen molar-refractivity contribution in [3.63, 3.8) is 0 Å². The predicted octanol–water partition coefficient (Wildman–Crippen LogP) is 6.57. The van der Waals surface area contributed by atoms with Gasteiger partial charge in [-0.05, 0) is 73.9 Å². The number of sulfonamides is 2. The van der Waals surface area contributed by atoms with Crippen LogP contribution in [0.15, 0.2) is 48.8 Å². The Hall–Kier alpha value is -4.69. The van der Waals surface area contributed by atoms with E-state index in [1.54, 1.807) is 15.5 Å². The first kappa shape index (κ1) is 47.0. The van der Waals surface area contributed by atoms with Gasteiger partial charge in [-0.1, -0.05) is 37.0 Å². The summed E-state index contributed by atoms with van der Waals surface area (Å²) in [6, 6.07) is 6.96. The van der Waals surface area contributed by atoms with E-state index in [0.29, 0.717) is 22.9 Å². The molecular formula is C38H41Cl2F3N4O10S2. The monoisotopic (exact) mass is 904 g/mol. The van der Waals surface area contributed by atoms with Gasteiger partial charge in [0, 0.05) is 34.6 Å². The van der Waals surface area contributed by atoms with Crippen LogP contribution in [0.25, 0.3) is 22.3 Å². The molecule has 2 heterocycles. The van der Waals surface area contributed by atoms with E-state index in [1.807, 2.05) is 0 Å². The van der Waals surface area contributed by atoms with E-state index in [4.69, 9.17) is 42.5 Å². The lowest BCUT2D eigenvalue weighted by Crippen LogP contribution is -2.32. The topological polar surface area (TPSA) is 200 Å². The molecule has 21 heteroatoms. The van der Waals surface area contributed by atoms with Crippen molar-refractivity contribution in [1.29, 1.82) is 0 Å². The SMILES string of the molecule is CC1CC(O)C1.COc1cc(C(=O)NS(C)(=O)=O)c(F)cc1-c1cnc(F)c(Cl)c1.COc1cc(C(=O)NS(C)(=O)=O)c(F)cc1-c1cnc(OC2CC(C)C2)c(Cl)c1. The number of carbonyl (C=O) groups excluding carboxylic acids is 2. The molecule has 0 atom stereocenters. The Kier molecular flexibility index (Phi) is 15.6. The first-order valence-corrected chi connectivity index (χ1v) is 22.1. The maximum Gasteiger partial charge on any atom is 0.267 e. The summed E-state index contributed by atoms with van der Waals surface area (Å²) >= 11 is 11.9. The number of carbonyl (C=O) groups is 2. The van der Waals surface area contributed by atoms with Gasteiger partial charge in [0.05, 0.1) is 49.0 Å². The minimum Gasteiger partial charge on any atom is -0.496 e. The van der Waals surface area contributed by atoms with Crippen molar-refractivity contribution in [2.45, 2.75) is 51.7 Å². The molecule has 320 valence electrons. The zero-order valence-corrected chi connectivity index (χ0v) is 35.6. The summed E-state index contributed by atoms with van der Waals surface area (Å²) in [7, 11) is -5.08. The maximum absolute atomic E-state index is 14.5. The van der Waals surface area contributed by atoms with Crippen molar-refractivity contribution in [3.05, 3.63) is 87.5 Å². The summed E-state index contributed by atoms with van der Waals surface area (Å²) in [6.45, 7) is 4.30. The molecule has 0 bridgehead atoms. The third-order valence-electron chi connectivity index (χ3n) is 8.81. The van der Waals surface area contributed by atoms with Crippen LogP contribution in [-0.2, 0) is 20.0 Å². The molecule has 0 saturated heterocycles. The number of hydrogen-bond acceptors (Lipinski definition) is 12. The van der Waals surface area contributed by atoms with Crippen LogP contribution in [0.2, 0.25) is 10.0 Å². The number of amides is 2. The Balaban J connectivity index is 0.000000231. The van der Waals surface area contributed by atoms with Gasteiger partial charge in [0.25, 0.3) is 11.8 Å². The summed E-state index contributed by atoms with van der Waals surface area (Å²) in [6.07, 6.45) is 8.22. The number of hydrogen-bond donors (Lipinski definition) is 3. The fourth-order valence-corrected chi connectivity index (χ4v) is 7.13. The minimum absolute atomic E-state index is 0.0417. The van der Waals surface area contributed by atoms with Gasteiger partial charge in [-0.3, -0.25) is 9.59 Å². The molecule has 4 aromatic rings. The van der Waals surface area contributed by atoms with Gasteiger partial charge in [0.2, 0.25) is 31.9 Å². The van der Waals surface area contributed by atoms with Gasteiger partial charge >= 0.3 is 0 Å². The molecule has 2 amide bonds. The van der Waals surface area contributed by atoms with Crippen molar-refractivity contribution >= 4 is 55.1 Å². The molecule has 2 aliphatic rings. The number of benzene rings is 2. The number of aliphatic hydroxyl groups is 1. The fourth-order valence-electron chi connectivity index (χ4n) is 5.86.